The van der Waals surface area contributed by atoms with Crippen molar-refractivity contribution in [1.29, 1.82) is 0 Å². The second-order valence-corrected chi connectivity index (χ2v) is 8.30. The first-order valence-electron chi connectivity index (χ1n) is 10.3. The first kappa shape index (κ1) is 23.3. The van der Waals surface area contributed by atoms with Gasteiger partial charge in [-0.15, -0.1) is 10.2 Å². The van der Waals surface area contributed by atoms with Crippen molar-refractivity contribution in [2.75, 3.05) is 11.1 Å². The van der Waals surface area contributed by atoms with Gasteiger partial charge in [-0.2, -0.15) is 0 Å². The second kappa shape index (κ2) is 10.3. The monoisotopic (exact) mass is 453 g/mol. The minimum Gasteiger partial charge on any atom is -0.482 e. The van der Waals surface area contributed by atoms with Crippen LogP contribution in [0.2, 0.25) is 0 Å². The highest BCUT2D eigenvalue weighted by molar-refractivity contribution is 7.99. The lowest BCUT2D eigenvalue weighted by atomic mass is 10.1. The molecule has 1 unspecified atom stereocenters. The SMILES string of the molecule is CCn1c(SCC(=O)Nc2ccccc2C(N)=O)nnc1C(C)Oc1ccc(C)cc1C. The molecule has 0 aliphatic rings. The Morgan fingerprint density at radius 2 is 1.94 bits per heavy atom. The maximum Gasteiger partial charge on any atom is 0.250 e. The Morgan fingerprint density at radius 3 is 2.62 bits per heavy atom. The van der Waals surface area contributed by atoms with Crippen LogP contribution in [0, 0.1) is 13.8 Å². The Labute approximate surface area is 191 Å². The number of ether oxygens (including phenoxy) is 1. The predicted molar refractivity (Wildman–Crippen MR) is 125 cm³/mol. The molecule has 2 amide bonds. The third-order valence-corrected chi connectivity index (χ3v) is 5.83. The number of primary amides is 1. The summed E-state index contributed by atoms with van der Waals surface area (Å²) in [6.07, 6.45) is -0.311. The van der Waals surface area contributed by atoms with E-state index in [1.54, 1.807) is 24.3 Å². The number of aryl methyl sites for hydroxylation is 2. The number of rotatable bonds is 9. The molecule has 0 saturated carbocycles. The normalized spacial score (nSPS) is 11.8. The maximum atomic E-state index is 12.4. The molecular formula is C23H27N5O3S. The summed E-state index contributed by atoms with van der Waals surface area (Å²) in [6, 6.07) is 12.7. The standard InChI is InChI=1S/C23H27N5O3S/c1-5-28-22(16(4)31-19-11-10-14(2)12-15(19)3)26-27-23(28)32-13-20(29)25-18-9-7-6-8-17(18)21(24)30/h6-12,16H,5,13H2,1-4H3,(H2,24,30)(H,25,29). The molecule has 168 valence electrons. The quantitative estimate of drug-likeness (QED) is 0.476. The number of carbonyl (C=O) groups is 2. The molecule has 0 spiro atoms. The van der Waals surface area contributed by atoms with Crippen LogP contribution in [0.25, 0.3) is 0 Å². The number of benzene rings is 2. The summed E-state index contributed by atoms with van der Waals surface area (Å²) in [5.74, 6) is 0.736. The number of thioether (sulfide) groups is 1. The van der Waals surface area contributed by atoms with E-state index in [1.807, 2.05) is 44.4 Å². The number of anilines is 1. The van der Waals surface area contributed by atoms with Crippen molar-refractivity contribution in [3.05, 3.63) is 65.0 Å². The van der Waals surface area contributed by atoms with Gasteiger partial charge in [0, 0.05) is 6.54 Å². The number of para-hydroxylation sites is 1. The van der Waals surface area contributed by atoms with Crippen molar-refractivity contribution in [2.24, 2.45) is 5.73 Å². The molecule has 1 aromatic heterocycles. The van der Waals surface area contributed by atoms with Gasteiger partial charge in [-0.1, -0.05) is 41.6 Å². The fourth-order valence-corrected chi connectivity index (χ4v) is 4.11. The zero-order valence-electron chi connectivity index (χ0n) is 18.6. The Bertz CT molecular complexity index is 1130. The molecule has 1 heterocycles. The van der Waals surface area contributed by atoms with E-state index in [-0.39, 0.29) is 23.3 Å². The third kappa shape index (κ3) is 5.47. The molecule has 32 heavy (non-hydrogen) atoms. The van der Waals surface area contributed by atoms with E-state index in [1.165, 1.54) is 17.3 Å². The molecule has 0 fully saturated rings. The van der Waals surface area contributed by atoms with Crippen LogP contribution in [0.15, 0.2) is 47.6 Å². The van der Waals surface area contributed by atoms with Crippen LogP contribution in [-0.2, 0) is 11.3 Å². The van der Waals surface area contributed by atoms with Gasteiger partial charge in [-0.3, -0.25) is 9.59 Å². The molecule has 0 aliphatic heterocycles. The summed E-state index contributed by atoms with van der Waals surface area (Å²) in [6.45, 7) is 8.61. The van der Waals surface area contributed by atoms with Gasteiger partial charge in [0.2, 0.25) is 5.91 Å². The first-order chi connectivity index (χ1) is 15.3. The van der Waals surface area contributed by atoms with Crippen LogP contribution in [0.5, 0.6) is 5.75 Å². The fourth-order valence-electron chi connectivity index (χ4n) is 3.30. The van der Waals surface area contributed by atoms with Gasteiger partial charge in [-0.05, 0) is 51.5 Å². The average molecular weight is 454 g/mol. The molecule has 3 N–H and O–H groups in total. The van der Waals surface area contributed by atoms with Gasteiger partial charge < -0.3 is 20.4 Å². The van der Waals surface area contributed by atoms with E-state index < -0.39 is 5.91 Å². The van der Waals surface area contributed by atoms with Crippen LogP contribution in [0.1, 0.15) is 47.3 Å². The Morgan fingerprint density at radius 1 is 1.19 bits per heavy atom. The van der Waals surface area contributed by atoms with Crippen LogP contribution in [-0.4, -0.2) is 32.3 Å². The number of nitrogens with zero attached hydrogens (tertiary/aromatic N) is 3. The fraction of sp³-hybridized carbons (Fsp3) is 0.304. The molecule has 8 nitrogen and oxygen atoms in total. The summed E-state index contributed by atoms with van der Waals surface area (Å²) < 4.78 is 8.06. The summed E-state index contributed by atoms with van der Waals surface area (Å²) in [5, 5.41) is 11.9. The van der Waals surface area contributed by atoms with Crippen molar-refractivity contribution < 1.29 is 14.3 Å². The Hall–Kier alpha value is -3.33. The van der Waals surface area contributed by atoms with Crippen molar-refractivity contribution in [2.45, 2.75) is 45.5 Å². The molecular weight excluding hydrogens is 426 g/mol. The van der Waals surface area contributed by atoms with Crippen LogP contribution in [0.4, 0.5) is 5.69 Å². The molecule has 1 atom stereocenters. The van der Waals surface area contributed by atoms with Gasteiger partial charge in [0.05, 0.1) is 17.0 Å². The summed E-state index contributed by atoms with van der Waals surface area (Å²) in [4.78, 5) is 24.0. The molecule has 2 aromatic carbocycles. The van der Waals surface area contributed by atoms with Gasteiger partial charge in [-0.25, -0.2) is 0 Å². The molecule has 9 heteroatoms. The number of amides is 2. The zero-order chi connectivity index (χ0) is 23.3. The number of hydrogen-bond donors (Lipinski definition) is 2. The van der Waals surface area contributed by atoms with Crippen LogP contribution >= 0.6 is 11.8 Å². The van der Waals surface area contributed by atoms with Crippen molar-refractivity contribution in [3.8, 4) is 5.75 Å². The number of nitrogens with one attached hydrogen (secondary N) is 1. The van der Waals surface area contributed by atoms with Gasteiger partial charge >= 0.3 is 0 Å². The highest BCUT2D eigenvalue weighted by Crippen LogP contribution is 2.27. The van der Waals surface area contributed by atoms with Crippen molar-refractivity contribution >= 4 is 29.3 Å². The van der Waals surface area contributed by atoms with E-state index in [2.05, 4.69) is 21.6 Å². The predicted octanol–water partition coefficient (Wildman–Crippen LogP) is 3.88. The van der Waals surface area contributed by atoms with E-state index in [9.17, 15) is 9.59 Å². The highest BCUT2D eigenvalue weighted by atomic mass is 32.2. The van der Waals surface area contributed by atoms with Crippen LogP contribution < -0.4 is 15.8 Å². The lowest BCUT2D eigenvalue weighted by molar-refractivity contribution is -0.113. The lowest BCUT2D eigenvalue weighted by Crippen LogP contribution is -2.19. The maximum absolute atomic E-state index is 12.4. The molecule has 3 rings (SSSR count). The summed E-state index contributed by atoms with van der Waals surface area (Å²) >= 11 is 1.27. The number of carbonyl (C=O) groups excluding carboxylic acids is 2. The first-order valence-corrected chi connectivity index (χ1v) is 11.3. The van der Waals surface area contributed by atoms with Gasteiger partial charge in [0.25, 0.3) is 5.91 Å². The van der Waals surface area contributed by atoms with Crippen LogP contribution in [0.3, 0.4) is 0 Å². The molecule has 0 bridgehead atoms. The second-order valence-electron chi connectivity index (χ2n) is 7.36. The number of aromatic nitrogens is 3. The molecule has 3 aromatic rings. The van der Waals surface area contributed by atoms with Crippen molar-refractivity contribution in [1.82, 2.24) is 14.8 Å². The topological polar surface area (TPSA) is 112 Å². The van der Waals surface area contributed by atoms with E-state index in [0.717, 1.165) is 11.3 Å². The largest absolute Gasteiger partial charge is 0.482 e. The summed E-state index contributed by atoms with van der Waals surface area (Å²) in [5.41, 5.74) is 8.25. The van der Waals surface area contributed by atoms with E-state index >= 15 is 0 Å². The minimum atomic E-state index is -0.596. The lowest BCUT2D eigenvalue weighted by Gasteiger charge is -2.17. The smallest absolute Gasteiger partial charge is 0.250 e. The van der Waals surface area contributed by atoms with Crippen molar-refractivity contribution in [3.63, 3.8) is 0 Å². The average Bonchev–Trinajstić information content (AvgIpc) is 3.17. The minimum absolute atomic E-state index is 0.109. The van der Waals surface area contributed by atoms with E-state index in [0.29, 0.717) is 23.2 Å². The van der Waals surface area contributed by atoms with Gasteiger partial charge in [0.15, 0.2) is 17.1 Å². The molecule has 0 aliphatic carbocycles. The molecule has 0 saturated heterocycles. The highest BCUT2D eigenvalue weighted by Gasteiger charge is 2.20. The van der Waals surface area contributed by atoms with E-state index in [4.69, 9.17) is 10.5 Å². The zero-order valence-corrected chi connectivity index (χ0v) is 19.4. The number of nitrogens with two attached hydrogens (primary N) is 1. The Kier molecular flexibility index (Phi) is 7.53. The summed E-state index contributed by atoms with van der Waals surface area (Å²) in [7, 11) is 0. The number of hydrogen-bond acceptors (Lipinski definition) is 6. The Balaban J connectivity index is 1.67. The third-order valence-electron chi connectivity index (χ3n) is 4.86. The van der Waals surface area contributed by atoms with Gasteiger partial charge in [0.1, 0.15) is 5.75 Å². The molecule has 0 radical (unpaired) electrons.